The summed E-state index contributed by atoms with van der Waals surface area (Å²) in [6.45, 7) is 0.0613. The van der Waals surface area contributed by atoms with Crippen molar-refractivity contribution in [1.29, 1.82) is 0 Å². The molecule has 0 saturated carbocycles. The average Bonchev–Trinajstić information content (AvgIpc) is 3.31. The predicted molar refractivity (Wildman–Crippen MR) is 138 cm³/mol. The number of pyridine rings is 1. The van der Waals surface area contributed by atoms with E-state index in [1.54, 1.807) is 40.6 Å². The molecule has 2 unspecified atom stereocenters. The van der Waals surface area contributed by atoms with E-state index in [1.807, 2.05) is 0 Å². The molecule has 198 valence electrons. The molecule has 0 spiro atoms. The van der Waals surface area contributed by atoms with Crippen LogP contribution < -0.4 is 26.5 Å². The number of carbonyl (C=O) groups excluding carboxylic acids is 4. The maximum absolute atomic E-state index is 12.9. The maximum atomic E-state index is 12.9. The minimum Gasteiger partial charge on any atom is -0.543 e. The number of anilines is 1. The number of carboxylic acid groups (broad SMARTS) is 1. The number of thioether (sulfide) groups is 2. The number of hydrogen-bond donors (Lipinski definition) is 3. The van der Waals surface area contributed by atoms with Crippen molar-refractivity contribution >= 4 is 69.4 Å². The molecule has 0 aliphatic carbocycles. The lowest BCUT2D eigenvalue weighted by atomic mass is 9.94. The first kappa shape index (κ1) is 27.2. The van der Waals surface area contributed by atoms with Gasteiger partial charge in [0.25, 0.3) is 17.7 Å². The summed E-state index contributed by atoms with van der Waals surface area (Å²) in [6.07, 6.45) is 4.99. The van der Waals surface area contributed by atoms with Gasteiger partial charge in [0.15, 0.2) is 23.2 Å². The number of carbonyl (C=O) groups is 4. The van der Waals surface area contributed by atoms with Gasteiger partial charge in [-0.25, -0.2) is 4.98 Å². The number of nitrogens with zero attached hydrogens (tertiary/aromatic N) is 4. The van der Waals surface area contributed by atoms with Crippen molar-refractivity contribution in [3.05, 3.63) is 57.7 Å². The fourth-order valence-corrected chi connectivity index (χ4v) is 6.17. The van der Waals surface area contributed by atoms with E-state index in [0.717, 1.165) is 21.1 Å². The first-order chi connectivity index (χ1) is 18.2. The van der Waals surface area contributed by atoms with Crippen LogP contribution in [0.15, 0.2) is 62.0 Å². The zero-order chi connectivity index (χ0) is 27.4. The van der Waals surface area contributed by atoms with Crippen molar-refractivity contribution in [2.45, 2.75) is 23.5 Å². The largest absolute Gasteiger partial charge is 0.543 e. The Hall–Kier alpha value is -3.89. The summed E-state index contributed by atoms with van der Waals surface area (Å²) in [6, 6.07) is 2.01. The fraction of sp³-hybridized carbons (Fsp3) is 0.227. The number of aliphatic carboxylic acids is 1. The van der Waals surface area contributed by atoms with Gasteiger partial charge in [-0.15, -0.1) is 23.1 Å². The number of hydrogen-bond acceptors (Lipinski definition) is 12. The quantitative estimate of drug-likeness (QED) is 0.0991. The highest BCUT2D eigenvalue weighted by Gasteiger charge is 2.52. The Morgan fingerprint density at radius 3 is 2.74 bits per heavy atom. The highest BCUT2D eigenvalue weighted by atomic mass is 32.2. The minimum absolute atomic E-state index is 0.0613. The molecule has 0 radical (unpaired) electrons. The molecule has 38 heavy (non-hydrogen) atoms. The van der Waals surface area contributed by atoms with E-state index in [-0.39, 0.29) is 28.8 Å². The van der Waals surface area contributed by atoms with Crippen molar-refractivity contribution < 1.29 is 33.7 Å². The number of oxime groups is 1. The normalized spacial score (nSPS) is 19.2. The SMILES string of the molecule is CO/N=C(/C(=O)NC1C(=O)N2C(C(=O)[O-])=C(/C=C/Sc3cc[n+](CC(N)=O)cc3)SCC12)c1csc(N)n1. The van der Waals surface area contributed by atoms with Crippen LogP contribution in [0.3, 0.4) is 0 Å². The van der Waals surface area contributed by atoms with Gasteiger partial charge in [-0.2, -0.15) is 4.57 Å². The summed E-state index contributed by atoms with van der Waals surface area (Å²) in [5, 5.41) is 21.7. The van der Waals surface area contributed by atoms with E-state index in [2.05, 4.69) is 15.5 Å². The fourth-order valence-electron chi connectivity index (χ4n) is 3.72. The van der Waals surface area contributed by atoms with Crippen LogP contribution in [0.5, 0.6) is 0 Å². The molecule has 2 aromatic heterocycles. The Bertz CT molecular complexity index is 1370. The molecule has 0 aromatic carbocycles. The van der Waals surface area contributed by atoms with Gasteiger partial charge >= 0.3 is 0 Å². The van der Waals surface area contributed by atoms with E-state index >= 15 is 0 Å². The number of β-lactam (4-membered cyclic amide) rings is 1. The molecule has 16 heteroatoms. The molecular formula is C22H21N7O6S3. The molecule has 4 heterocycles. The Morgan fingerprint density at radius 1 is 1.39 bits per heavy atom. The van der Waals surface area contributed by atoms with Crippen molar-refractivity contribution in [2.75, 3.05) is 18.6 Å². The van der Waals surface area contributed by atoms with Gasteiger partial charge in [0.2, 0.25) is 6.54 Å². The second-order valence-corrected chi connectivity index (χ2v) is 10.8. The number of aromatic nitrogens is 2. The summed E-state index contributed by atoms with van der Waals surface area (Å²) in [5.41, 5.74) is 10.6. The number of nitrogens with two attached hydrogens (primary N) is 2. The molecule has 3 amide bonds. The lowest BCUT2D eigenvalue weighted by Crippen LogP contribution is -2.73. The lowest BCUT2D eigenvalue weighted by molar-refractivity contribution is -0.684. The van der Waals surface area contributed by atoms with Crippen LogP contribution in [0, 0.1) is 0 Å². The van der Waals surface area contributed by atoms with E-state index in [1.165, 1.54) is 36.0 Å². The average molecular weight is 576 g/mol. The van der Waals surface area contributed by atoms with Gasteiger partial charge in [0.05, 0.1) is 17.7 Å². The molecule has 1 fully saturated rings. The first-order valence-electron chi connectivity index (χ1n) is 10.8. The molecule has 4 rings (SSSR count). The molecule has 2 aliphatic rings. The molecule has 2 aliphatic heterocycles. The molecular weight excluding hydrogens is 554 g/mol. The molecule has 13 nitrogen and oxygen atoms in total. The summed E-state index contributed by atoms with van der Waals surface area (Å²) in [4.78, 5) is 59.8. The van der Waals surface area contributed by atoms with Gasteiger partial charge < -0.3 is 36.4 Å². The third kappa shape index (κ3) is 5.81. The van der Waals surface area contributed by atoms with Gasteiger partial charge in [-0.05, 0) is 11.5 Å². The molecule has 1 saturated heterocycles. The molecule has 0 bridgehead atoms. The first-order valence-corrected chi connectivity index (χ1v) is 13.6. The van der Waals surface area contributed by atoms with Crippen molar-refractivity contribution in [3.63, 3.8) is 0 Å². The van der Waals surface area contributed by atoms with Crippen LogP contribution in [-0.4, -0.2) is 64.2 Å². The zero-order valence-electron chi connectivity index (χ0n) is 19.7. The molecule has 2 atom stereocenters. The summed E-state index contributed by atoms with van der Waals surface area (Å²) in [7, 11) is 1.26. The smallest absolute Gasteiger partial charge is 0.283 e. The predicted octanol–water partition coefficient (Wildman–Crippen LogP) is -1.44. The molecule has 2 aromatic rings. The van der Waals surface area contributed by atoms with Gasteiger partial charge in [0, 0.05) is 33.1 Å². The second kappa shape index (κ2) is 11.7. The number of amides is 3. The molecule has 5 N–H and O–H groups in total. The summed E-state index contributed by atoms with van der Waals surface area (Å²) in [5.74, 6) is -2.91. The topological polar surface area (TPSA) is 197 Å². The Labute approximate surface area is 228 Å². The highest BCUT2D eigenvalue weighted by Crippen LogP contribution is 2.39. The minimum atomic E-state index is -1.50. The Morgan fingerprint density at radius 2 is 2.13 bits per heavy atom. The number of thiazole rings is 1. The van der Waals surface area contributed by atoms with Crippen molar-refractivity contribution in [2.24, 2.45) is 10.9 Å². The van der Waals surface area contributed by atoms with Crippen molar-refractivity contribution in [1.82, 2.24) is 15.2 Å². The van der Waals surface area contributed by atoms with E-state index in [4.69, 9.17) is 16.3 Å². The maximum Gasteiger partial charge on any atom is 0.283 e. The summed E-state index contributed by atoms with van der Waals surface area (Å²) >= 11 is 3.67. The lowest BCUT2D eigenvalue weighted by Gasteiger charge is -2.50. The number of allylic oxidation sites excluding steroid dienone is 1. The van der Waals surface area contributed by atoms with Crippen LogP contribution in [0.4, 0.5) is 5.13 Å². The summed E-state index contributed by atoms with van der Waals surface area (Å²) < 4.78 is 1.63. The van der Waals surface area contributed by atoms with Crippen LogP contribution in [0.1, 0.15) is 5.69 Å². The van der Waals surface area contributed by atoms with Crippen LogP contribution in [0.25, 0.3) is 0 Å². The van der Waals surface area contributed by atoms with Gasteiger partial charge in [-0.1, -0.05) is 16.9 Å². The monoisotopic (exact) mass is 575 g/mol. The van der Waals surface area contributed by atoms with E-state index in [0.29, 0.717) is 10.7 Å². The van der Waals surface area contributed by atoms with Crippen LogP contribution in [-0.2, 0) is 30.6 Å². The van der Waals surface area contributed by atoms with E-state index in [9.17, 15) is 24.3 Å². The van der Waals surface area contributed by atoms with Gasteiger partial charge in [-0.3, -0.25) is 14.4 Å². The number of primary amides is 1. The third-order valence-corrected chi connectivity index (χ3v) is 8.01. The second-order valence-electron chi connectivity index (χ2n) is 7.82. The number of nitrogens with one attached hydrogen (secondary N) is 1. The van der Waals surface area contributed by atoms with Crippen LogP contribution in [0.2, 0.25) is 0 Å². The third-order valence-electron chi connectivity index (χ3n) is 5.37. The van der Waals surface area contributed by atoms with Crippen LogP contribution >= 0.6 is 34.9 Å². The van der Waals surface area contributed by atoms with Gasteiger partial charge in [0.1, 0.15) is 18.8 Å². The van der Waals surface area contributed by atoms with E-state index < -0.39 is 35.8 Å². The highest BCUT2D eigenvalue weighted by molar-refractivity contribution is 8.04. The standard InChI is InChI=1S/C22H21N7O6S3/c1-35-27-16(12-9-38-22(24)25-12)19(31)26-17-13-10-37-14(18(21(33)34)29(13)20(17)32)4-7-36-11-2-5-28(6-3-11)8-15(23)30/h2-7,9,13,17H,8,10H2,1H3,(H5-,23,24,25,26,30,31,33,34)/b7-4+,27-16+. The zero-order valence-corrected chi connectivity index (χ0v) is 22.2. The number of nitrogen functional groups attached to an aromatic ring is 1. The number of rotatable bonds is 10. The van der Waals surface area contributed by atoms with Crippen molar-refractivity contribution in [3.8, 4) is 0 Å². The Balaban J connectivity index is 1.45. The number of carboxylic acids is 1. The Kier molecular flexibility index (Phi) is 8.33. The number of fused-ring (bicyclic) bond motifs is 1.